The van der Waals surface area contributed by atoms with Gasteiger partial charge in [0.1, 0.15) is 17.3 Å². The van der Waals surface area contributed by atoms with Gasteiger partial charge in [0.05, 0.1) is 0 Å². The molecular weight excluding hydrogens is 348 g/mol. The highest BCUT2D eigenvalue weighted by Crippen LogP contribution is 2.21. The average Bonchev–Trinajstić information content (AvgIpc) is 2.62. The van der Waals surface area contributed by atoms with Crippen LogP contribution in [-0.4, -0.2) is 22.4 Å². The Morgan fingerprint density at radius 2 is 1.85 bits per heavy atom. The highest BCUT2D eigenvalue weighted by molar-refractivity contribution is 6.30. The molecule has 132 valence electrons. The van der Waals surface area contributed by atoms with Crippen molar-refractivity contribution in [2.24, 2.45) is 0 Å². The van der Waals surface area contributed by atoms with Crippen LogP contribution in [0.5, 0.6) is 0 Å². The van der Waals surface area contributed by atoms with Gasteiger partial charge in [0.25, 0.3) is 5.91 Å². The van der Waals surface area contributed by atoms with E-state index in [4.69, 9.17) is 11.6 Å². The number of aromatic nitrogens is 2. The molecule has 6 heteroatoms. The van der Waals surface area contributed by atoms with E-state index in [0.29, 0.717) is 28.9 Å². The Morgan fingerprint density at radius 3 is 2.54 bits per heavy atom. The summed E-state index contributed by atoms with van der Waals surface area (Å²) in [5.74, 6) is 0.898. The number of benzene rings is 2. The molecule has 0 aliphatic heterocycles. The van der Waals surface area contributed by atoms with Crippen molar-refractivity contribution >= 4 is 34.7 Å². The third-order valence-electron chi connectivity index (χ3n) is 3.78. The van der Waals surface area contributed by atoms with Crippen molar-refractivity contribution in [2.75, 3.05) is 16.8 Å². The van der Waals surface area contributed by atoms with Gasteiger partial charge in [0.2, 0.25) is 0 Å². The van der Waals surface area contributed by atoms with E-state index in [0.717, 1.165) is 11.4 Å². The summed E-state index contributed by atoms with van der Waals surface area (Å²) in [7, 11) is 0. The minimum absolute atomic E-state index is 0.168. The molecule has 0 aliphatic carbocycles. The van der Waals surface area contributed by atoms with Crippen molar-refractivity contribution in [1.29, 1.82) is 0 Å². The molecule has 1 aromatic heterocycles. The van der Waals surface area contributed by atoms with Crippen molar-refractivity contribution < 1.29 is 4.79 Å². The number of para-hydroxylation sites is 1. The molecule has 0 spiro atoms. The first-order chi connectivity index (χ1) is 12.6. The maximum absolute atomic E-state index is 13.0. The fourth-order valence-electron chi connectivity index (χ4n) is 2.65. The van der Waals surface area contributed by atoms with Crippen molar-refractivity contribution in [1.82, 2.24) is 9.97 Å². The minimum Gasteiger partial charge on any atom is -0.340 e. The predicted octanol–water partition coefficient (Wildman–Crippen LogP) is 4.85. The van der Waals surface area contributed by atoms with Gasteiger partial charge in [-0.15, -0.1) is 0 Å². The molecule has 0 radical (unpaired) electrons. The minimum atomic E-state index is -0.168. The zero-order chi connectivity index (χ0) is 18.5. The second kappa shape index (κ2) is 7.97. The number of hydrogen-bond acceptors (Lipinski definition) is 4. The number of amides is 1. The predicted molar refractivity (Wildman–Crippen MR) is 105 cm³/mol. The largest absolute Gasteiger partial charge is 0.340 e. The standard InChI is InChI=1S/C20H19ClN4O/c1-3-25(17-10-5-4-6-11-17)20(26)18-13-19(23-14(2)22-18)24-16-9-7-8-15(21)12-16/h4-13H,3H2,1-2H3,(H,22,23,24). The Balaban J connectivity index is 1.90. The molecule has 0 saturated heterocycles. The summed E-state index contributed by atoms with van der Waals surface area (Å²) < 4.78 is 0. The smallest absolute Gasteiger partial charge is 0.277 e. The summed E-state index contributed by atoms with van der Waals surface area (Å²) in [5, 5.41) is 3.79. The van der Waals surface area contributed by atoms with Gasteiger partial charge in [-0.25, -0.2) is 9.97 Å². The molecule has 0 fully saturated rings. The van der Waals surface area contributed by atoms with Gasteiger partial charge in [-0.3, -0.25) is 4.79 Å². The van der Waals surface area contributed by atoms with Crippen LogP contribution in [0.15, 0.2) is 60.7 Å². The van der Waals surface area contributed by atoms with E-state index >= 15 is 0 Å². The van der Waals surface area contributed by atoms with Crippen LogP contribution in [0.1, 0.15) is 23.2 Å². The summed E-state index contributed by atoms with van der Waals surface area (Å²) in [5.41, 5.74) is 1.97. The fraction of sp³-hybridized carbons (Fsp3) is 0.150. The monoisotopic (exact) mass is 366 g/mol. The van der Waals surface area contributed by atoms with E-state index in [-0.39, 0.29) is 5.91 Å². The van der Waals surface area contributed by atoms with Crippen molar-refractivity contribution in [3.8, 4) is 0 Å². The van der Waals surface area contributed by atoms with Crippen LogP contribution in [0.4, 0.5) is 17.2 Å². The third-order valence-corrected chi connectivity index (χ3v) is 4.02. The first-order valence-corrected chi connectivity index (χ1v) is 8.70. The lowest BCUT2D eigenvalue weighted by Gasteiger charge is -2.21. The number of rotatable bonds is 5. The van der Waals surface area contributed by atoms with Gasteiger partial charge in [0.15, 0.2) is 0 Å². The molecule has 1 heterocycles. The van der Waals surface area contributed by atoms with E-state index in [2.05, 4.69) is 15.3 Å². The normalized spacial score (nSPS) is 10.4. The number of carbonyl (C=O) groups is 1. The Morgan fingerprint density at radius 1 is 1.08 bits per heavy atom. The number of nitrogens with one attached hydrogen (secondary N) is 1. The van der Waals surface area contributed by atoms with Crippen molar-refractivity contribution in [3.63, 3.8) is 0 Å². The summed E-state index contributed by atoms with van der Waals surface area (Å²) >= 11 is 6.02. The highest BCUT2D eigenvalue weighted by Gasteiger charge is 2.18. The molecule has 0 saturated carbocycles. The van der Waals surface area contributed by atoms with E-state index in [1.165, 1.54) is 0 Å². The number of hydrogen-bond donors (Lipinski definition) is 1. The molecular formula is C20H19ClN4O. The molecule has 0 unspecified atom stereocenters. The number of nitrogens with zero attached hydrogens (tertiary/aromatic N) is 3. The second-order valence-corrected chi connectivity index (χ2v) is 6.14. The molecule has 3 aromatic rings. The van der Waals surface area contributed by atoms with Crippen LogP contribution in [0, 0.1) is 6.92 Å². The fourth-order valence-corrected chi connectivity index (χ4v) is 2.84. The topological polar surface area (TPSA) is 58.1 Å². The molecule has 0 aliphatic rings. The lowest BCUT2D eigenvalue weighted by molar-refractivity contribution is 0.0983. The molecule has 5 nitrogen and oxygen atoms in total. The van der Waals surface area contributed by atoms with Crippen LogP contribution in [0.2, 0.25) is 5.02 Å². The van der Waals surface area contributed by atoms with Gasteiger partial charge >= 0.3 is 0 Å². The number of halogens is 1. The Labute approximate surface area is 157 Å². The van der Waals surface area contributed by atoms with Gasteiger partial charge in [-0.1, -0.05) is 35.9 Å². The maximum atomic E-state index is 13.0. The summed E-state index contributed by atoms with van der Waals surface area (Å²) in [6.07, 6.45) is 0. The van der Waals surface area contributed by atoms with Crippen LogP contribution in [-0.2, 0) is 0 Å². The molecule has 3 rings (SSSR count). The SMILES string of the molecule is CCN(C(=O)c1cc(Nc2cccc(Cl)c2)nc(C)n1)c1ccccc1. The molecule has 1 amide bonds. The third kappa shape index (κ3) is 4.18. The summed E-state index contributed by atoms with van der Waals surface area (Å²) in [6, 6.07) is 18.5. The Kier molecular flexibility index (Phi) is 5.49. The average molecular weight is 367 g/mol. The number of aryl methyl sites for hydroxylation is 1. The summed E-state index contributed by atoms with van der Waals surface area (Å²) in [4.78, 5) is 23.3. The van der Waals surface area contributed by atoms with Gasteiger partial charge in [-0.2, -0.15) is 0 Å². The number of anilines is 3. The van der Waals surface area contributed by atoms with Crippen LogP contribution >= 0.6 is 11.6 Å². The molecule has 2 aromatic carbocycles. The first kappa shape index (κ1) is 17.9. The van der Waals surface area contributed by atoms with Gasteiger partial charge in [0, 0.05) is 29.0 Å². The first-order valence-electron chi connectivity index (χ1n) is 8.32. The van der Waals surface area contributed by atoms with E-state index < -0.39 is 0 Å². The molecule has 1 N–H and O–H groups in total. The van der Waals surface area contributed by atoms with Gasteiger partial charge < -0.3 is 10.2 Å². The Bertz CT molecular complexity index is 915. The zero-order valence-electron chi connectivity index (χ0n) is 14.6. The molecule has 26 heavy (non-hydrogen) atoms. The molecule has 0 bridgehead atoms. The number of carbonyl (C=O) groups excluding carboxylic acids is 1. The van der Waals surface area contributed by atoms with Crippen LogP contribution in [0.25, 0.3) is 0 Å². The quantitative estimate of drug-likeness (QED) is 0.701. The van der Waals surface area contributed by atoms with E-state index in [9.17, 15) is 4.79 Å². The molecule has 0 atom stereocenters. The second-order valence-electron chi connectivity index (χ2n) is 5.71. The van der Waals surface area contributed by atoms with Crippen molar-refractivity contribution in [2.45, 2.75) is 13.8 Å². The van der Waals surface area contributed by atoms with E-state index in [1.807, 2.05) is 49.4 Å². The highest BCUT2D eigenvalue weighted by atomic mass is 35.5. The maximum Gasteiger partial charge on any atom is 0.277 e. The lowest BCUT2D eigenvalue weighted by Crippen LogP contribution is -2.31. The van der Waals surface area contributed by atoms with Gasteiger partial charge in [-0.05, 0) is 44.2 Å². The van der Waals surface area contributed by atoms with E-state index in [1.54, 1.807) is 30.0 Å². The lowest BCUT2D eigenvalue weighted by atomic mass is 10.2. The van der Waals surface area contributed by atoms with Crippen molar-refractivity contribution in [3.05, 3.63) is 77.2 Å². The summed E-state index contributed by atoms with van der Waals surface area (Å²) in [6.45, 7) is 4.24. The van der Waals surface area contributed by atoms with Crippen LogP contribution in [0.3, 0.4) is 0 Å². The zero-order valence-corrected chi connectivity index (χ0v) is 15.4. The van der Waals surface area contributed by atoms with Crippen LogP contribution < -0.4 is 10.2 Å². The Hall–Kier alpha value is -2.92.